The number of ketones is 1. The highest BCUT2D eigenvalue weighted by Gasteiger charge is 2.49. The van der Waals surface area contributed by atoms with E-state index in [1.165, 1.54) is 0 Å². The average molecular weight is 440 g/mol. The SMILES string of the molecule is COCCn1c(C)cc(C(=O)CN2C(=O)N[C@@](C)(c3ccc(C(C)(C)C)cc3)C2=O)c1C. The van der Waals surface area contributed by atoms with E-state index in [2.05, 4.69) is 26.1 Å². The number of carbonyl (C=O) groups is 3. The summed E-state index contributed by atoms with van der Waals surface area (Å²) < 4.78 is 7.14. The molecule has 0 saturated carbocycles. The number of urea groups is 1. The molecular formula is C25H33N3O4. The Labute approximate surface area is 189 Å². The van der Waals surface area contributed by atoms with E-state index in [1.54, 1.807) is 20.1 Å². The number of ether oxygens (including phenoxy) is 1. The number of hydrogen-bond acceptors (Lipinski definition) is 4. The van der Waals surface area contributed by atoms with Crippen LogP contribution in [0.4, 0.5) is 4.79 Å². The molecule has 1 fully saturated rings. The molecule has 172 valence electrons. The Morgan fingerprint density at radius 3 is 2.31 bits per heavy atom. The van der Waals surface area contributed by atoms with Gasteiger partial charge in [0, 0.05) is 30.6 Å². The minimum Gasteiger partial charge on any atom is -0.383 e. The predicted molar refractivity (Wildman–Crippen MR) is 123 cm³/mol. The predicted octanol–water partition coefficient (Wildman–Crippen LogP) is 3.70. The Hall–Kier alpha value is -2.93. The van der Waals surface area contributed by atoms with E-state index < -0.39 is 17.5 Å². The van der Waals surface area contributed by atoms with Crippen LogP contribution in [0.15, 0.2) is 30.3 Å². The van der Waals surface area contributed by atoms with Gasteiger partial charge in [-0.05, 0) is 43.4 Å². The maximum absolute atomic E-state index is 13.3. The van der Waals surface area contributed by atoms with Crippen molar-refractivity contribution < 1.29 is 19.1 Å². The quantitative estimate of drug-likeness (QED) is 0.527. The summed E-state index contributed by atoms with van der Waals surface area (Å²) >= 11 is 0. The largest absolute Gasteiger partial charge is 0.383 e. The van der Waals surface area contributed by atoms with Crippen molar-refractivity contribution in [1.29, 1.82) is 0 Å². The lowest BCUT2D eigenvalue weighted by atomic mass is 9.84. The highest BCUT2D eigenvalue weighted by atomic mass is 16.5. The van der Waals surface area contributed by atoms with Crippen LogP contribution in [-0.2, 0) is 27.0 Å². The average Bonchev–Trinajstić information content (AvgIpc) is 3.13. The molecule has 32 heavy (non-hydrogen) atoms. The molecule has 7 nitrogen and oxygen atoms in total. The van der Waals surface area contributed by atoms with Crippen molar-refractivity contribution in [2.45, 2.75) is 59.0 Å². The van der Waals surface area contributed by atoms with Crippen molar-refractivity contribution in [3.63, 3.8) is 0 Å². The van der Waals surface area contributed by atoms with Crippen molar-refractivity contribution in [3.05, 3.63) is 58.4 Å². The fraction of sp³-hybridized carbons (Fsp3) is 0.480. The lowest BCUT2D eigenvalue weighted by Gasteiger charge is -2.24. The third-order valence-corrected chi connectivity index (χ3v) is 6.30. The first-order chi connectivity index (χ1) is 14.9. The van der Waals surface area contributed by atoms with Crippen LogP contribution in [0.2, 0.25) is 0 Å². The van der Waals surface area contributed by atoms with Gasteiger partial charge in [-0.1, -0.05) is 45.0 Å². The number of amides is 3. The van der Waals surface area contributed by atoms with Crippen molar-refractivity contribution in [2.24, 2.45) is 0 Å². The second-order valence-corrected chi connectivity index (χ2v) is 9.63. The summed E-state index contributed by atoms with van der Waals surface area (Å²) in [4.78, 5) is 40.0. The number of nitrogens with zero attached hydrogens (tertiary/aromatic N) is 2. The summed E-state index contributed by atoms with van der Waals surface area (Å²) in [5.41, 5.74) is 2.86. The molecular weight excluding hydrogens is 406 g/mol. The molecule has 1 atom stereocenters. The normalized spacial score (nSPS) is 18.9. The van der Waals surface area contributed by atoms with Crippen LogP contribution in [-0.4, -0.2) is 47.4 Å². The third-order valence-electron chi connectivity index (χ3n) is 6.30. The number of methoxy groups -OCH3 is 1. The topological polar surface area (TPSA) is 80.6 Å². The van der Waals surface area contributed by atoms with Crippen molar-refractivity contribution in [2.75, 3.05) is 20.3 Å². The van der Waals surface area contributed by atoms with Gasteiger partial charge in [0.25, 0.3) is 5.91 Å². The first-order valence-electron chi connectivity index (χ1n) is 10.8. The number of rotatable bonds is 7. The van der Waals surface area contributed by atoms with Crippen LogP contribution in [0.3, 0.4) is 0 Å². The van der Waals surface area contributed by atoms with E-state index in [0.29, 0.717) is 24.3 Å². The zero-order chi connectivity index (χ0) is 23.8. The molecule has 1 aliphatic rings. The Balaban J connectivity index is 1.81. The molecule has 2 heterocycles. The molecule has 1 N–H and O–H groups in total. The monoisotopic (exact) mass is 439 g/mol. The van der Waals surface area contributed by atoms with E-state index in [1.807, 2.05) is 42.7 Å². The van der Waals surface area contributed by atoms with E-state index in [-0.39, 0.29) is 17.7 Å². The van der Waals surface area contributed by atoms with Crippen molar-refractivity contribution in [1.82, 2.24) is 14.8 Å². The number of Topliss-reactive ketones (excluding diaryl/α,β-unsaturated/α-hetero) is 1. The summed E-state index contributed by atoms with van der Waals surface area (Å²) in [6, 6.07) is 8.93. The summed E-state index contributed by atoms with van der Waals surface area (Å²) in [6.07, 6.45) is 0. The summed E-state index contributed by atoms with van der Waals surface area (Å²) in [7, 11) is 1.63. The fourth-order valence-electron chi connectivity index (χ4n) is 4.18. The molecule has 1 aliphatic heterocycles. The summed E-state index contributed by atoms with van der Waals surface area (Å²) in [6.45, 7) is 12.7. The Kier molecular flexibility index (Phi) is 6.33. The van der Waals surface area contributed by atoms with E-state index >= 15 is 0 Å². The van der Waals surface area contributed by atoms with Gasteiger partial charge in [0.05, 0.1) is 13.2 Å². The molecule has 0 spiro atoms. The lowest BCUT2D eigenvalue weighted by molar-refractivity contribution is -0.130. The van der Waals surface area contributed by atoms with E-state index in [9.17, 15) is 14.4 Å². The molecule has 0 aliphatic carbocycles. The second-order valence-electron chi connectivity index (χ2n) is 9.63. The minimum absolute atomic E-state index is 0.0174. The fourth-order valence-corrected chi connectivity index (χ4v) is 4.18. The van der Waals surface area contributed by atoms with Gasteiger partial charge in [0.2, 0.25) is 0 Å². The van der Waals surface area contributed by atoms with Gasteiger partial charge in [-0.3, -0.25) is 14.5 Å². The van der Waals surface area contributed by atoms with Crippen LogP contribution >= 0.6 is 0 Å². The Morgan fingerprint density at radius 1 is 1.12 bits per heavy atom. The first kappa shape index (κ1) is 23.7. The molecule has 0 unspecified atom stereocenters. The van der Waals surface area contributed by atoms with Crippen molar-refractivity contribution >= 4 is 17.7 Å². The molecule has 3 amide bonds. The molecule has 1 aromatic heterocycles. The van der Waals surface area contributed by atoms with Gasteiger partial charge in [0.1, 0.15) is 5.54 Å². The third kappa shape index (κ3) is 4.21. The van der Waals surface area contributed by atoms with Crippen LogP contribution in [0.1, 0.15) is 60.6 Å². The van der Waals surface area contributed by atoms with Gasteiger partial charge < -0.3 is 14.6 Å². The van der Waals surface area contributed by atoms with Gasteiger partial charge in [-0.15, -0.1) is 0 Å². The minimum atomic E-state index is -1.21. The Morgan fingerprint density at radius 2 is 1.75 bits per heavy atom. The van der Waals surface area contributed by atoms with Gasteiger partial charge in [-0.2, -0.15) is 0 Å². The molecule has 2 aromatic rings. The first-order valence-corrected chi connectivity index (χ1v) is 10.8. The maximum Gasteiger partial charge on any atom is 0.325 e. The standard InChI is InChI=1S/C25H33N3O4/c1-16-14-20(17(2)27(16)12-13-32-7)21(29)15-28-22(30)25(6,26-23(28)31)19-10-8-18(9-11-19)24(3,4)5/h8-11,14H,12-13,15H2,1-7H3,(H,26,31)/t25-/m0/s1. The summed E-state index contributed by atoms with van der Waals surface area (Å²) in [5, 5.41) is 2.78. The van der Waals surface area contributed by atoms with E-state index in [4.69, 9.17) is 4.74 Å². The van der Waals surface area contributed by atoms with Crippen LogP contribution in [0.5, 0.6) is 0 Å². The number of imide groups is 1. The highest BCUT2D eigenvalue weighted by molar-refractivity contribution is 6.11. The van der Waals surface area contributed by atoms with Gasteiger partial charge >= 0.3 is 6.03 Å². The van der Waals surface area contributed by atoms with E-state index in [0.717, 1.165) is 21.9 Å². The number of hydrogen-bond donors (Lipinski definition) is 1. The van der Waals surface area contributed by atoms with Gasteiger partial charge in [0.15, 0.2) is 5.78 Å². The number of benzene rings is 1. The smallest absolute Gasteiger partial charge is 0.325 e. The molecule has 0 bridgehead atoms. The second kappa shape index (κ2) is 8.54. The molecule has 1 aromatic carbocycles. The molecule has 1 saturated heterocycles. The number of aryl methyl sites for hydroxylation is 1. The van der Waals surface area contributed by atoms with Crippen LogP contribution < -0.4 is 5.32 Å². The molecule has 7 heteroatoms. The van der Waals surface area contributed by atoms with Gasteiger partial charge in [-0.25, -0.2) is 4.79 Å². The molecule has 0 radical (unpaired) electrons. The number of carbonyl (C=O) groups excluding carboxylic acids is 3. The Bertz CT molecular complexity index is 1050. The highest BCUT2D eigenvalue weighted by Crippen LogP contribution is 2.31. The number of nitrogens with one attached hydrogen (secondary N) is 1. The lowest BCUT2D eigenvalue weighted by Crippen LogP contribution is -2.41. The van der Waals surface area contributed by atoms with Crippen LogP contribution in [0, 0.1) is 13.8 Å². The summed E-state index contributed by atoms with van der Waals surface area (Å²) in [5.74, 6) is -0.690. The van der Waals surface area contributed by atoms with Crippen LogP contribution in [0.25, 0.3) is 0 Å². The van der Waals surface area contributed by atoms with Crippen molar-refractivity contribution in [3.8, 4) is 0 Å². The number of aromatic nitrogens is 1. The molecule has 3 rings (SSSR count). The zero-order valence-corrected chi connectivity index (χ0v) is 20.0. The zero-order valence-electron chi connectivity index (χ0n) is 20.0. The maximum atomic E-state index is 13.3.